The number of carbonyl (C=O) groups excluding carboxylic acids is 1. The van der Waals surface area contributed by atoms with Crippen LogP contribution in [-0.2, 0) is 17.9 Å². The van der Waals surface area contributed by atoms with Crippen LogP contribution in [-0.4, -0.2) is 15.5 Å². The molecule has 0 radical (unpaired) electrons. The molecule has 0 atom stereocenters. The van der Waals surface area contributed by atoms with Crippen molar-refractivity contribution in [1.82, 2.24) is 9.55 Å². The largest absolute Gasteiger partial charge is 0.456 e. The Morgan fingerprint density at radius 1 is 0.833 bits per heavy atom. The number of carbonyl (C=O) groups is 1. The van der Waals surface area contributed by atoms with Crippen molar-refractivity contribution < 1.29 is 31.5 Å². The van der Waals surface area contributed by atoms with Gasteiger partial charge in [0.1, 0.15) is 12.3 Å². The molecule has 0 saturated heterocycles. The van der Waals surface area contributed by atoms with E-state index in [0.717, 1.165) is 22.0 Å². The zero-order valence-corrected chi connectivity index (χ0v) is 18.8. The lowest BCUT2D eigenvalue weighted by molar-refractivity contribution is 0.0455. The van der Waals surface area contributed by atoms with Gasteiger partial charge in [0, 0.05) is 22.8 Å². The fraction of sp³-hybridized carbons (Fsp3) is 0.111. The van der Waals surface area contributed by atoms with Crippen LogP contribution in [0.1, 0.15) is 27.3 Å². The van der Waals surface area contributed by atoms with E-state index in [1.54, 1.807) is 6.92 Å². The molecule has 0 fully saturated rings. The summed E-state index contributed by atoms with van der Waals surface area (Å²) in [5.41, 5.74) is 1.86. The highest BCUT2D eigenvalue weighted by Gasteiger charge is 2.27. The molecule has 9 heteroatoms. The molecule has 0 aliphatic carbocycles. The molecule has 2 aromatic heterocycles. The van der Waals surface area contributed by atoms with Crippen molar-refractivity contribution in [3.8, 4) is 0 Å². The Balaban J connectivity index is 1.53. The van der Waals surface area contributed by atoms with E-state index < -0.39 is 47.2 Å². The van der Waals surface area contributed by atoms with Gasteiger partial charge in [0.05, 0.1) is 16.8 Å². The van der Waals surface area contributed by atoms with Gasteiger partial charge in [-0.05, 0) is 24.6 Å². The monoisotopic (exact) mass is 496 g/mol. The molecule has 2 heterocycles. The van der Waals surface area contributed by atoms with Gasteiger partial charge in [0.2, 0.25) is 5.82 Å². The zero-order valence-electron chi connectivity index (χ0n) is 18.8. The van der Waals surface area contributed by atoms with E-state index >= 15 is 0 Å². The van der Waals surface area contributed by atoms with Gasteiger partial charge in [-0.1, -0.05) is 48.5 Å². The van der Waals surface area contributed by atoms with Crippen molar-refractivity contribution in [3.05, 3.63) is 112 Å². The second kappa shape index (κ2) is 9.07. The lowest BCUT2D eigenvalue weighted by Crippen LogP contribution is -2.13. The van der Waals surface area contributed by atoms with E-state index in [4.69, 9.17) is 4.74 Å². The Morgan fingerprint density at radius 2 is 1.44 bits per heavy atom. The number of esters is 1. The average Bonchev–Trinajstić information content (AvgIpc) is 3.20. The Morgan fingerprint density at radius 3 is 2.14 bits per heavy atom. The molecular formula is C27H17F5N2O2. The summed E-state index contributed by atoms with van der Waals surface area (Å²) in [7, 11) is 0. The second-order valence-electron chi connectivity index (χ2n) is 8.20. The van der Waals surface area contributed by atoms with Crippen molar-refractivity contribution in [2.75, 3.05) is 0 Å². The fourth-order valence-corrected chi connectivity index (χ4v) is 4.29. The Kier molecular flexibility index (Phi) is 5.91. The first-order valence-electron chi connectivity index (χ1n) is 10.9. The van der Waals surface area contributed by atoms with Crippen molar-refractivity contribution in [3.63, 3.8) is 0 Å². The predicted molar refractivity (Wildman–Crippen MR) is 123 cm³/mol. The van der Waals surface area contributed by atoms with Gasteiger partial charge in [-0.15, -0.1) is 0 Å². The second-order valence-corrected chi connectivity index (χ2v) is 8.20. The first-order valence-corrected chi connectivity index (χ1v) is 10.9. The van der Waals surface area contributed by atoms with Crippen LogP contribution in [0.4, 0.5) is 22.0 Å². The molecule has 5 rings (SSSR count). The number of fused-ring (bicyclic) bond motifs is 3. The summed E-state index contributed by atoms with van der Waals surface area (Å²) in [6.45, 7) is 1.11. The molecule has 3 aromatic carbocycles. The van der Waals surface area contributed by atoms with Crippen LogP contribution in [0.3, 0.4) is 0 Å². The number of benzene rings is 3. The number of pyridine rings is 1. The summed E-state index contributed by atoms with van der Waals surface area (Å²) in [6.07, 6.45) is 0. The van der Waals surface area contributed by atoms with E-state index in [0.29, 0.717) is 17.6 Å². The van der Waals surface area contributed by atoms with Gasteiger partial charge in [0.25, 0.3) is 0 Å². The molecule has 36 heavy (non-hydrogen) atoms. The molecule has 0 unspecified atom stereocenters. The maximum atomic E-state index is 14.0. The maximum Gasteiger partial charge on any atom is 0.357 e. The third kappa shape index (κ3) is 3.86. The van der Waals surface area contributed by atoms with Crippen LogP contribution in [0.5, 0.6) is 0 Å². The summed E-state index contributed by atoms with van der Waals surface area (Å²) < 4.78 is 75.1. The van der Waals surface area contributed by atoms with Gasteiger partial charge in [-0.25, -0.2) is 31.7 Å². The highest BCUT2D eigenvalue weighted by Crippen LogP contribution is 2.32. The molecule has 5 aromatic rings. The van der Waals surface area contributed by atoms with Crippen molar-refractivity contribution in [2.24, 2.45) is 0 Å². The highest BCUT2D eigenvalue weighted by molar-refractivity contribution is 6.10. The van der Waals surface area contributed by atoms with Gasteiger partial charge in [-0.3, -0.25) is 0 Å². The number of hydrogen-bond donors (Lipinski definition) is 0. The molecule has 0 saturated carbocycles. The molecule has 4 nitrogen and oxygen atoms in total. The molecule has 0 spiro atoms. The number of rotatable bonds is 5. The van der Waals surface area contributed by atoms with Gasteiger partial charge >= 0.3 is 5.97 Å². The number of aromatic nitrogens is 2. The Labute approximate surface area is 201 Å². The first-order chi connectivity index (χ1) is 17.3. The van der Waals surface area contributed by atoms with E-state index in [-0.39, 0.29) is 5.69 Å². The lowest BCUT2D eigenvalue weighted by Gasteiger charge is -2.11. The van der Waals surface area contributed by atoms with Crippen LogP contribution < -0.4 is 0 Å². The van der Waals surface area contributed by atoms with E-state index in [1.165, 1.54) is 6.07 Å². The summed E-state index contributed by atoms with van der Waals surface area (Å²) in [6, 6.07) is 18.9. The van der Waals surface area contributed by atoms with E-state index in [9.17, 15) is 26.7 Å². The van der Waals surface area contributed by atoms with Crippen LogP contribution >= 0.6 is 0 Å². The van der Waals surface area contributed by atoms with Gasteiger partial charge in [0.15, 0.2) is 23.3 Å². The molecule has 0 N–H and O–H groups in total. The summed E-state index contributed by atoms with van der Waals surface area (Å²) in [5, 5.41) is 1.56. The molecular weight excluding hydrogens is 479 g/mol. The van der Waals surface area contributed by atoms with Crippen molar-refractivity contribution in [1.29, 1.82) is 0 Å². The first kappa shape index (κ1) is 23.5. The third-order valence-electron chi connectivity index (χ3n) is 5.96. The molecule has 0 bridgehead atoms. The number of para-hydroxylation sites is 1. The lowest BCUT2D eigenvalue weighted by atomic mass is 10.1. The standard InChI is InChI=1S/C27H17F5N2O2/c1-14-26-17(16-9-5-6-10-20(16)34(26)12-15-7-3-2-4-8-15)11-19(33-14)27(35)36-13-18-21(28)23(30)25(32)24(31)22(18)29/h2-11H,12-13H2,1H3. The molecule has 0 aliphatic rings. The van der Waals surface area contributed by atoms with Crippen LogP contribution in [0.15, 0.2) is 60.7 Å². The minimum absolute atomic E-state index is 0.161. The number of aryl methyl sites for hydroxylation is 1. The van der Waals surface area contributed by atoms with Gasteiger partial charge in [-0.2, -0.15) is 0 Å². The van der Waals surface area contributed by atoms with E-state index in [1.807, 2.05) is 54.6 Å². The number of ether oxygens (including phenoxy) is 1. The van der Waals surface area contributed by atoms with Crippen LogP contribution in [0.2, 0.25) is 0 Å². The number of halogens is 5. The van der Waals surface area contributed by atoms with Crippen molar-refractivity contribution >= 4 is 27.8 Å². The number of hydrogen-bond acceptors (Lipinski definition) is 3. The summed E-state index contributed by atoms with van der Waals surface area (Å²) in [4.78, 5) is 17.0. The molecule has 0 aliphatic heterocycles. The number of nitrogens with zero attached hydrogens (tertiary/aromatic N) is 2. The van der Waals surface area contributed by atoms with E-state index in [2.05, 4.69) is 9.55 Å². The highest BCUT2D eigenvalue weighted by atomic mass is 19.2. The molecule has 0 amide bonds. The SMILES string of the molecule is Cc1nc(C(=O)OCc2c(F)c(F)c(F)c(F)c2F)cc2c3ccccc3n(Cc3ccccc3)c12. The predicted octanol–water partition coefficient (Wildman–Crippen LogP) is 6.60. The third-order valence-corrected chi connectivity index (χ3v) is 5.96. The van der Waals surface area contributed by atoms with Crippen LogP contribution in [0, 0.1) is 36.0 Å². The smallest absolute Gasteiger partial charge is 0.357 e. The fourth-order valence-electron chi connectivity index (χ4n) is 4.29. The zero-order chi connectivity index (χ0) is 25.6. The van der Waals surface area contributed by atoms with Crippen molar-refractivity contribution in [2.45, 2.75) is 20.1 Å². The van der Waals surface area contributed by atoms with Crippen LogP contribution in [0.25, 0.3) is 21.8 Å². The minimum Gasteiger partial charge on any atom is -0.456 e. The maximum absolute atomic E-state index is 14.0. The quantitative estimate of drug-likeness (QED) is 0.119. The van der Waals surface area contributed by atoms with Gasteiger partial charge < -0.3 is 9.30 Å². The normalized spacial score (nSPS) is 11.4. The average molecular weight is 496 g/mol. The Bertz CT molecular complexity index is 1620. The minimum atomic E-state index is -2.28. The Hall–Kier alpha value is -4.27. The molecule has 182 valence electrons. The topological polar surface area (TPSA) is 44.1 Å². The summed E-state index contributed by atoms with van der Waals surface area (Å²) >= 11 is 0. The summed E-state index contributed by atoms with van der Waals surface area (Å²) in [5.74, 6) is -11.7.